The Kier molecular flexibility index (Phi) is 5.22. The van der Waals surface area contributed by atoms with Crippen LogP contribution in [-0.2, 0) is 9.53 Å². The second kappa shape index (κ2) is 6.71. The van der Waals surface area contributed by atoms with E-state index in [1.54, 1.807) is 7.11 Å². The Morgan fingerprint density at radius 1 is 1.37 bits per heavy atom. The van der Waals surface area contributed by atoms with E-state index >= 15 is 0 Å². The van der Waals surface area contributed by atoms with Gasteiger partial charge in [0.2, 0.25) is 5.91 Å². The number of ether oxygens (including phenoxy) is 1. The molecule has 1 aliphatic carbocycles. The Bertz CT molecular complexity index is 291. The highest BCUT2D eigenvalue weighted by Gasteiger charge is 2.42. The number of methoxy groups -OCH3 is 1. The van der Waals surface area contributed by atoms with E-state index in [1.165, 1.54) is 19.3 Å². The van der Waals surface area contributed by atoms with Gasteiger partial charge in [0.25, 0.3) is 0 Å². The van der Waals surface area contributed by atoms with Gasteiger partial charge in [0.15, 0.2) is 0 Å². The molecule has 1 aliphatic heterocycles. The Morgan fingerprint density at radius 2 is 2.05 bits per heavy atom. The van der Waals surface area contributed by atoms with Crippen molar-refractivity contribution in [3.63, 3.8) is 0 Å². The third-order valence-corrected chi connectivity index (χ3v) is 4.81. The lowest BCUT2D eigenvalue weighted by Crippen LogP contribution is -2.52. The molecule has 0 aromatic heterocycles. The summed E-state index contributed by atoms with van der Waals surface area (Å²) in [4.78, 5) is 15.0. The first-order valence-corrected chi connectivity index (χ1v) is 7.71. The second-order valence-electron chi connectivity index (χ2n) is 6.10. The predicted molar refractivity (Wildman–Crippen MR) is 76.0 cm³/mol. The minimum Gasteiger partial charge on any atom is -0.384 e. The predicted octanol–water partition coefficient (Wildman–Crippen LogP) is 1.65. The summed E-state index contributed by atoms with van der Waals surface area (Å²) < 4.78 is 5.37. The Labute approximate surface area is 116 Å². The monoisotopic (exact) mass is 268 g/mol. The molecule has 19 heavy (non-hydrogen) atoms. The minimum absolute atomic E-state index is 0.278. The first-order chi connectivity index (χ1) is 9.22. The molecule has 1 heterocycles. The van der Waals surface area contributed by atoms with Crippen molar-refractivity contribution in [2.24, 2.45) is 11.3 Å². The average molecular weight is 268 g/mol. The molecule has 0 spiro atoms. The van der Waals surface area contributed by atoms with Crippen LogP contribution in [0.4, 0.5) is 0 Å². The van der Waals surface area contributed by atoms with Crippen LogP contribution in [0.5, 0.6) is 0 Å². The molecule has 1 N–H and O–H groups in total. The van der Waals surface area contributed by atoms with Gasteiger partial charge in [-0.1, -0.05) is 6.42 Å². The van der Waals surface area contributed by atoms with E-state index in [-0.39, 0.29) is 5.41 Å². The summed E-state index contributed by atoms with van der Waals surface area (Å²) in [6.45, 7) is 6.29. The molecule has 0 aromatic rings. The van der Waals surface area contributed by atoms with Crippen LogP contribution in [-0.4, -0.2) is 50.7 Å². The summed E-state index contributed by atoms with van der Waals surface area (Å²) >= 11 is 0. The molecule has 1 saturated carbocycles. The fourth-order valence-electron chi connectivity index (χ4n) is 3.28. The molecule has 0 unspecified atom stereocenters. The van der Waals surface area contributed by atoms with E-state index < -0.39 is 0 Å². The summed E-state index contributed by atoms with van der Waals surface area (Å²) in [5, 5.41) is 3.35. The van der Waals surface area contributed by atoms with Gasteiger partial charge in [-0.15, -0.1) is 0 Å². The highest BCUT2D eigenvalue weighted by Crippen LogP contribution is 2.33. The largest absolute Gasteiger partial charge is 0.384 e. The summed E-state index contributed by atoms with van der Waals surface area (Å²) in [5.74, 6) is 1.07. The lowest BCUT2D eigenvalue weighted by atomic mass is 9.77. The van der Waals surface area contributed by atoms with Gasteiger partial charge in [0.1, 0.15) is 0 Å². The number of amides is 1. The molecule has 2 fully saturated rings. The Morgan fingerprint density at radius 3 is 2.53 bits per heavy atom. The summed E-state index contributed by atoms with van der Waals surface area (Å²) in [7, 11) is 1.71. The fourth-order valence-corrected chi connectivity index (χ4v) is 3.28. The number of piperidine rings is 1. The maximum absolute atomic E-state index is 12.9. The van der Waals surface area contributed by atoms with Gasteiger partial charge < -0.3 is 15.0 Å². The van der Waals surface area contributed by atoms with Gasteiger partial charge in [-0.05, 0) is 51.6 Å². The molecule has 0 atom stereocenters. The molecule has 0 aromatic carbocycles. The van der Waals surface area contributed by atoms with Crippen LogP contribution in [0.25, 0.3) is 0 Å². The lowest BCUT2D eigenvalue weighted by Gasteiger charge is -2.41. The van der Waals surface area contributed by atoms with Crippen LogP contribution >= 0.6 is 0 Å². The van der Waals surface area contributed by atoms with Crippen molar-refractivity contribution in [2.75, 3.05) is 39.9 Å². The summed E-state index contributed by atoms with van der Waals surface area (Å²) in [6.07, 6.45) is 5.73. The number of carbonyl (C=O) groups excluding carboxylic acids is 1. The third-order valence-electron chi connectivity index (χ3n) is 4.81. The van der Waals surface area contributed by atoms with Gasteiger partial charge in [-0.3, -0.25) is 4.79 Å². The van der Waals surface area contributed by atoms with Crippen LogP contribution in [0.15, 0.2) is 0 Å². The zero-order valence-electron chi connectivity index (χ0n) is 12.4. The number of nitrogens with zero attached hydrogens (tertiary/aromatic N) is 1. The first-order valence-electron chi connectivity index (χ1n) is 7.71. The van der Waals surface area contributed by atoms with E-state index in [0.29, 0.717) is 12.5 Å². The van der Waals surface area contributed by atoms with Gasteiger partial charge in [-0.2, -0.15) is 0 Å². The maximum Gasteiger partial charge on any atom is 0.231 e. The number of nitrogens with one attached hydrogen (secondary N) is 1. The highest BCUT2D eigenvalue weighted by molar-refractivity contribution is 5.83. The zero-order chi connectivity index (χ0) is 13.7. The fraction of sp³-hybridized carbons (Fsp3) is 0.933. The van der Waals surface area contributed by atoms with Crippen molar-refractivity contribution in [1.29, 1.82) is 0 Å². The SMILES string of the molecule is CCN(CC1CCC1)C(=O)C1(COC)CCNCC1. The van der Waals surface area contributed by atoms with Gasteiger partial charge >= 0.3 is 0 Å². The van der Waals surface area contributed by atoms with Crippen molar-refractivity contribution in [1.82, 2.24) is 10.2 Å². The number of rotatable bonds is 6. The maximum atomic E-state index is 12.9. The molecular weight excluding hydrogens is 240 g/mol. The molecule has 4 nitrogen and oxygen atoms in total. The van der Waals surface area contributed by atoms with Gasteiger partial charge in [-0.25, -0.2) is 0 Å². The zero-order valence-corrected chi connectivity index (χ0v) is 12.4. The van der Waals surface area contributed by atoms with Crippen molar-refractivity contribution in [3.05, 3.63) is 0 Å². The van der Waals surface area contributed by atoms with Crippen LogP contribution in [0.3, 0.4) is 0 Å². The molecule has 110 valence electrons. The first kappa shape index (κ1) is 14.8. The van der Waals surface area contributed by atoms with Crippen molar-refractivity contribution in [3.8, 4) is 0 Å². The summed E-state index contributed by atoms with van der Waals surface area (Å²) in [6, 6.07) is 0. The van der Waals surface area contributed by atoms with Crippen LogP contribution in [0.1, 0.15) is 39.0 Å². The number of carbonyl (C=O) groups is 1. The smallest absolute Gasteiger partial charge is 0.231 e. The third kappa shape index (κ3) is 3.29. The van der Waals surface area contributed by atoms with Crippen LogP contribution < -0.4 is 5.32 Å². The Balaban J connectivity index is 2.02. The molecule has 1 amide bonds. The van der Waals surface area contributed by atoms with E-state index in [1.807, 2.05) is 0 Å². The van der Waals surface area contributed by atoms with Crippen molar-refractivity contribution < 1.29 is 9.53 Å². The molecule has 0 radical (unpaired) electrons. The highest BCUT2D eigenvalue weighted by atomic mass is 16.5. The second-order valence-corrected chi connectivity index (χ2v) is 6.10. The molecule has 2 aliphatic rings. The standard InChI is InChI=1S/C15H28N2O2/c1-3-17(11-13-5-4-6-13)14(18)15(12-19-2)7-9-16-10-8-15/h13,16H,3-12H2,1-2H3. The van der Waals surface area contributed by atoms with E-state index in [0.717, 1.165) is 44.9 Å². The topological polar surface area (TPSA) is 41.6 Å². The van der Waals surface area contributed by atoms with E-state index in [2.05, 4.69) is 17.1 Å². The van der Waals surface area contributed by atoms with Crippen LogP contribution in [0.2, 0.25) is 0 Å². The molecule has 4 heteroatoms. The molecule has 0 bridgehead atoms. The van der Waals surface area contributed by atoms with E-state index in [4.69, 9.17) is 4.74 Å². The molecule has 2 rings (SSSR count). The van der Waals surface area contributed by atoms with Crippen LogP contribution in [0, 0.1) is 11.3 Å². The quantitative estimate of drug-likeness (QED) is 0.796. The van der Waals surface area contributed by atoms with Gasteiger partial charge in [0, 0.05) is 20.2 Å². The minimum atomic E-state index is -0.278. The molecular formula is C15H28N2O2. The summed E-state index contributed by atoms with van der Waals surface area (Å²) in [5.41, 5.74) is -0.278. The van der Waals surface area contributed by atoms with E-state index in [9.17, 15) is 4.79 Å². The van der Waals surface area contributed by atoms with Gasteiger partial charge in [0.05, 0.1) is 12.0 Å². The lowest BCUT2D eigenvalue weighted by molar-refractivity contribution is -0.148. The van der Waals surface area contributed by atoms with Crippen molar-refractivity contribution in [2.45, 2.75) is 39.0 Å². The number of hydrogen-bond donors (Lipinski definition) is 1. The molecule has 1 saturated heterocycles. The Hall–Kier alpha value is -0.610. The average Bonchev–Trinajstić information content (AvgIpc) is 2.38. The normalized spacial score (nSPS) is 22.8. The van der Waals surface area contributed by atoms with Crippen molar-refractivity contribution >= 4 is 5.91 Å². The number of hydrogen-bond acceptors (Lipinski definition) is 3.